The Morgan fingerprint density at radius 2 is 0.815 bits per heavy atom. The van der Waals surface area contributed by atoms with Crippen LogP contribution < -0.4 is 0 Å². The Morgan fingerprint density at radius 3 is 0.963 bits per heavy atom. The molecule has 11 heteroatoms. The van der Waals surface area contributed by atoms with Gasteiger partial charge in [-0.3, -0.25) is 0 Å². The summed E-state index contributed by atoms with van der Waals surface area (Å²) in [6.45, 7) is 9.89. The van der Waals surface area contributed by atoms with Crippen molar-refractivity contribution in [1.82, 2.24) is 0 Å². The SMILES string of the molecule is C=C[Si](OC)(OC)OC.C=C[Si](OCCOC)(OCCOC)OCCOC. The summed E-state index contributed by atoms with van der Waals surface area (Å²) in [5.74, 6) is 0. The second kappa shape index (κ2) is 18.9. The second-order valence-electron chi connectivity index (χ2n) is 4.75. The lowest BCUT2D eigenvalue weighted by Gasteiger charge is -2.26. The van der Waals surface area contributed by atoms with Gasteiger partial charge in [-0.25, -0.2) is 0 Å². The summed E-state index contributed by atoms with van der Waals surface area (Å²) in [6, 6.07) is 0. The van der Waals surface area contributed by atoms with E-state index in [1.54, 1.807) is 54.1 Å². The maximum Gasteiger partial charge on any atom is 0.529 e. The summed E-state index contributed by atoms with van der Waals surface area (Å²) in [5, 5.41) is 0. The molecule has 27 heavy (non-hydrogen) atoms. The topological polar surface area (TPSA) is 83.1 Å². The normalized spacial score (nSPS) is 11.6. The summed E-state index contributed by atoms with van der Waals surface area (Å²) in [6.07, 6.45) is 0. The fourth-order valence-electron chi connectivity index (χ4n) is 1.60. The van der Waals surface area contributed by atoms with E-state index in [1.807, 2.05) is 0 Å². The Labute approximate surface area is 165 Å². The highest BCUT2D eigenvalue weighted by Crippen LogP contribution is 2.11. The summed E-state index contributed by atoms with van der Waals surface area (Å²) >= 11 is 0. The smallest absolute Gasteiger partial charge is 0.382 e. The fourth-order valence-corrected chi connectivity index (χ4v) is 4.31. The largest absolute Gasteiger partial charge is 0.529 e. The Balaban J connectivity index is 0. The van der Waals surface area contributed by atoms with E-state index >= 15 is 0 Å². The van der Waals surface area contributed by atoms with Crippen molar-refractivity contribution in [3.63, 3.8) is 0 Å². The van der Waals surface area contributed by atoms with Gasteiger partial charge in [0.05, 0.1) is 39.6 Å². The fraction of sp³-hybridized carbons (Fsp3) is 0.750. The Kier molecular flexibility index (Phi) is 20.1. The van der Waals surface area contributed by atoms with Crippen LogP contribution in [0.15, 0.2) is 24.6 Å². The zero-order valence-corrected chi connectivity index (χ0v) is 19.5. The lowest BCUT2D eigenvalue weighted by molar-refractivity contribution is 0.0232. The predicted molar refractivity (Wildman–Crippen MR) is 106 cm³/mol. The summed E-state index contributed by atoms with van der Waals surface area (Å²) in [4.78, 5) is 0. The maximum absolute atomic E-state index is 5.65. The van der Waals surface area contributed by atoms with E-state index in [9.17, 15) is 0 Å². The van der Waals surface area contributed by atoms with E-state index in [0.717, 1.165) is 0 Å². The Morgan fingerprint density at radius 1 is 0.519 bits per heavy atom. The number of rotatable bonds is 17. The highest BCUT2D eigenvalue weighted by Gasteiger charge is 2.38. The van der Waals surface area contributed by atoms with Crippen LogP contribution in [0, 0.1) is 0 Å². The number of methoxy groups -OCH3 is 3. The molecule has 0 saturated carbocycles. The molecule has 0 amide bonds. The standard InChI is InChI=1S/C11H24O6Si.C5H12O3Si/c1-5-18(15-9-6-12-2,16-10-7-13-3)17-11-8-14-4;1-5-9(6-2,7-3)8-4/h5H,1,6-11H2,2-4H3;5H,1H2,2-4H3. The quantitative estimate of drug-likeness (QED) is 0.251. The molecule has 0 aliphatic carbocycles. The van der Waals surface area contributed by atoms with Crippen LogP contribution >= 0.6 is 0 Å². The van der Waals surface area contributed by atoms with Crippen molar-refractivity contribution < 1.29 is 40.8 Å². The molecular formula is C16H36O9Si2. The van der Waals surface area contributed by atoms with Gasteiger partial charge in [0.1, 0.15) is 0 Å². The third-order valence-corrected chi connectivity index (χ3v) is 7.65. The molecule has 0 fully saturated rings. The average molecular weight is 429 g/mol. The molecule has 0 N–H and O–H groups in total. The molecule has 0 atom stereocenters. The van der Waals surface area contributed by atoms with E-state index < -0.39 is 17.6 Å². The molecule has 0 aliphatic rings. The van der Waals surface area contributed by atoms with Gasteiger partial charge >= 0.3 is 17.6 Å². The van der Waals surface area contributed by atoms with Crippen molar-refractivity contribution in [1.29, 1.82) is 0 Å². The van der Waals surface area contributed by atoms with Gasteiger partial charge in [-0.05, 0) is 11.4 Å². The molecule has 0 aromatic carbocycles. The molecule has 9 nitrogen and oxygen atoms in total. The van der Waals surface area contributed by atoms with E-state index in [1.165, 1.54) is 0 Å². The molecular weight excluding hydrogens is 392 g/mol. The van der Waals surface area contributed by atoms with Crippen molar-refractivity contribution in [3.8, 4) is 0 Å². The molecule has 162 valence electrons. The van der Waals surface area contributed by atoms with Gasteiger partial charge in [0.25, 0.3) is 0 Å². The first-order valence-corrected chi connectivity index (χ1v) is 11.9. The molecule has 0 aromatic rings. The number of ether oxygens (including phenoxy) is 3. The number of hydrogen-bond acceptors (Lipinski definition) is 9. The summed E-state index contributed by atoms with van der Waals surface area (Å²) < 4.78 is 46.7. The Hall–Kier alpha value is -0.446. The monoisotopic (exact) mass is 428 g/mol. The van der Waals surface area contributed by atoms with Crippen LogP contribution in [0.4, 0.5) is 0 Å². The zero-order valence-electron chi connectivity index (χ0n) is 17.5. The first-order chi connectivity index (χ1) is 13.0. The van der Waals surface area contributed by atoms with Crippen molar-refractivity contribution in [3.05, 3.63) is 24.6 Å². The molecule has 0 spiro atoms. The van der Waals surface area contributed by atoms with Crippen molar-refractivity contribution >= 4 is 17.6 Å². The first kappa shape index (κ1) is 28.8. The van der Waals surface area contributed by atoms with Gasteiger partial charge in [-0.15, -0.1) is 0 Å². The first-order valence-electron chi connectivity index (χ1n) is 8.30. The predicted octanol–water partition coefficient (Wildman–Crippen LogP) is 1.23. The maximum atomic E-state index is 5.65. The van der Waals surface area contributed by atoms with E-state index in [4.69, 9.17) is 40.8 Å². The van der Waals surface area contributed by atoms with Crippen LogP contribution in [0.1, 0.15) is 0 Å². The van der Waals surface area contributed by atoms with Crippen LogP contribution in [0.3, 0.4) is 0 Å². The lowest BCUT2D eigenvalue weighted by atomic mass is 10.8. The van der Waals surface area contributed by atoms with Gasteiger partial charge in [-0.1, -0.05) is 13.2 Å². The van der Waals surface area contributed by atoms with Crippen LogP contribution in [0.25, 0.3) is 0 Å². The molecule has 0 aliphatic heterocycles. The van der Waals surface area contributed by atoms with Gasteiger partial charge < -0.3 is 40.8 Å². The van der Waals surface area contributed by atoms with Crippen LogP contribution in [-0.2, 0) is 40.8 Å². The third kappa shape index (κ3) is 13.4. The molecule has 0 radical (unpaired) electrons. The highest BCUT2D eigenvalue weighted by atomic mass is 28.4. The zero-order chi connectivity index (χ0) is 21.0. The minimum absolute atomic E-state index is 0.398. The summed E-state index contributed by atoms with van der Waals surface area (Å²) in [7, 11) is 4.17. The van der Waals surface area contributed by atoms with E-state index in [2.05, 4.69) is 13.2 Å². The summed E-state index contributed by atoms with van der Waals surface area (Å²) in [5.41, 5.74) is 3.18. The second-order valence-corrected chi connectivity index (χ2v) is 10.1. The van der Waals surface area contributed by atoms with E-state index in [-0.39, 0.29) is 0 Å². The minimum Gasteiger partial charge on any atom is -0.382 e. The van der Waals surface area contributed by atoms with Gasteiger partial charge in [-0.2, -0.15) is 0 Å². The van der Waals surface area contributed by atoms with Crippen LogP contribution in [0.5, 0.6) is 0 Å². The van der Waals surface area contributed by atoms with Crippen molar-refractivity contribution in [2.45, 2.75) is 0 Å². The molecule has 0 aromatic heterocycles. The molecule has 0 heterocycles. The van der Waals surface area contributed by atoms with Crippen LogP contribution in [0.2, 0.25) is 0 Å². The van der Waals surface area contributed by atoms with E-state index in [0.29, 0.717) is 39.6 Å². The molecule has 0 rings (SSSR count). The van der Waals surface area contributed by atoms with Crippen LogP contribution in [-0.4, -0.2) is 99.9 Å². The van der Waals surface area contributed by atoms with Gasteiger partial charge in [0, 0.05) is 42.7 Å². The third-order valence-electron chi connectivity index (χ3n) is 3.13. The minimum atomic E-state index is -2.86. The van der Waals surface area contributed by atoms with Crippen molar-refractivity contribution in [2.75, 3.05) is 82.3 Å². The Bertz CT molecular complexity index is 320. The number of hydrogen-bond donors (Lipinski definition) is 0. The van der Waals surface area contributed by atoms with Crippen molar-refractivity contribution in [2.24, 2.45) is 0 Å². The average Bonchev–Trinajstić information content (AvgIpc) is 2.71. The molecule has 0 saturated heterocycles. The molecule has 0 bridgehead atoms. The lowest BCUT2D eigenvalue weighted by Crippen LogP contribution is -2.46. The van der Waals surface area contributed by atoms with Gasteiger partial charge in [0.2, 0.25) is 0 Å². The van der Waals surface area contributed by atoms with Gasteiger partial charge in [0.15, 0.2) is 0 Å². The highest BCUT2D eigenvalue weighted by molar-refractivity contribution is 6.66. The molecule has 0 unspecified atom stereocenters.